The van der Waals surface area contributed by atoms with Crippen molar-refractivity contribution in [3.63, 3.8) is 0 Å². The van der Waals surface area contributed by atoms with Crippen LogP contribution in [-0.2, 0) is 13.1 Å². The second-order valence-electron chi connectivity index (χ2n) is 6.63. The molecule has 4 nitrogen and oxygen atoms in total. The smallest absolute Gasteiger partial charge is 0.0662 e. The molecule has 2 heterocycles. The van der Waals surface area contributed by atoms with Gasteiger partial charge in [0.1, 0.15) is 0 Å². The van der Waals surface area contributed by atoms with Gasteiger partial charge in [-0.1, -0.05) is 37.3 Å². The van der Waals surface area contributed by atoms with Crippen molar-refractivity contribution in [2.24, 2.45) is 11.7 Å². The Hall–Kier alpha value is -1.36. The van der Waals surface area contributed by atoms with Crippen molar-refractivity contribution >= 4 is 12.4 Å². The molecule has 1 fully saturated rings. The number of hydrogen-bond donors (Lipinski definition) is 1. The Morgan fingerprint density at radius 3 is 2.43 bits per heavy atom. The van der Waals surface area contributed by atoms with Crippen LogP contribution in [0.15, 0.2) is 30.3 Å². The zero-order chi connectivity index (χ0) is 15.7. The predicted octanol–water partition coefficient (Wildman–Crippen LogP) is 2.75. The first-order chi connectivity index (χ1) is 10.5. The van der Waals surface area contributed by atoms with Crippen LogP contribution < -0.4 is 5.73 Å². The summed E-state index contributed by atoms with van der Waals surface area (Å²) in [6.45, 7) is 10.4. The highest BCUT2D eigenvalue weighted by Crippen LogP contribution is 2.21. The van der Waals surface area contributed by atoms with Crippen LogP contribution in [0.1, 0.15) is 29.4 Å². The molecule has 0 saturated carbocycles. The predicted molar refractivity (Wildman–Crippen MR) is 96.9 cm³/mol. The van der Waals surface area contributed by atoms with Crippen LogP contribution in [-0.4, -0.2) is 33.8 Å². The van der Waals surface area contributed by atoms with Crippen molar-refractivity contribution in [2.45, 2.75) is 39.9 Å². The highest BCUT2D eigenvalue weighted by Gasteiger charge is 2.27. The molecule has 2 unspecified atom stereocenters. The van der Waals surface area contributed by atoms with E-state index in [0.717, 1.165) is 31.9 Å². The third kappa shape index (κ3) is 3.94. The van der Waals surface area contributed by atoms with Crippen molar-refractivity contribution in [3.05, 3.63) is 52.8 Å². The molecule has 3 rings (SSSR count). The molecule has 2 atom stereocenters. The van der Waals surface area contributed by atoms with Gasteiger partial charge in [-0.05, 0) is 25.3 Å². The average molecular weight is 335 g/mol. The lowest BCUT2D eigenvalue weighted by molar-refractivity contribution is 0.317. The Bertz CT molecular complexity index is 628. The van der Waals surface area contributed by atoms with E-state index >= 15 is 0 Å². The Balaban J connectivity index is 0.00000192. The first-order valence-electron chi connectivity index (χ1n) is 8.09. The summed E-state index contributed by atoms with van der Waals surface area (Å²) in [4.78, 5) is 2.46. The van der Waals surface area contributed by atoms with Gasteiger partial charge in [0.25, 0.3) is 0 Å². The second-order valence-corrected chi connectivity index (χ2v) is 6.63. The molecule has 0 aliphatic carbocycles. The molecule has 5 heteroatoms. The van der Waals surface area contributed by atoms with Gasteiger partial charge in [-0.25, -0.2) is 0 Å². The molecular formula is C18H27ClN4. The van der Waals surface area contributed by atoms with Crippen LogP contribution in [0, 0.1) is 19.8 Å². The normalized spacial score (nSPS) is 21.4. The maximum Gasteiger partial charge on any atom is 0.0662 e. The van der Waals surface area contributed by atoms with E-state index in [1.807, 2.05) is 6.07 Å². The number of nitrogens with two attached hydrogens (primary N) is 1. The number of benzene rings is 1. The lowest BCUT2D eigenvalue weighted by atomic mass is 10.1. The van der Waals surface area contributed by atoms with Gasteiger partial charge in [-0.2, -0.15) is 5.10 Å². The van der Waals surface area contributed by atoms with E-state index in [0.29, 0.717) is 12.0 Å². The Kier molecular flexibility index (Phi) is 5.84. The SMILES string of the molecule is Cc1nn(Cc2ccccc2)c(C)c1CN1CC(C)C(N)C1.Cl. The van der Waals surface area contributed by atoms with Gasteiger partial charge in [0, 0.05) is 36.9 Å². The molecule has 23 heavy (non-hydrogen) atoms. The van der Waals surface area contributed by atoms with Crippen molar-refractivity contribution in [2.75, 3.05) is 13.1 Å². The Morgan fingerprint density at radius 2 is 1.83 bits per heavy atom. The Labute approximate surface area is 145 Å². The quantitative estimate of drug-likeness (QED) is 0.935. The van der Waals surface area contributed by atoms with Crippen molar-refractivity contribution in [1.82, 2.24) is 14.7 Å². The zero-order valence-corrected chi connectivity index (χ0v) is 15.0. The number of aromatic nitrogens is 2. The van der Waals surface area contributed by atoms with Gasteiger partial charge in [0.2, 0.25) is 0 Å². The second kappa shape index (κ2) is 7.47. The van der Waals surface area contributed by atoms with Crippen LogP contribution in [0.2, 0.25) is 0 Å². The lowest BCUT2D eigenvalue weighted by Gasteiger charge is -2.15. The molecule has 1 aliphatic rings. The van der Waals surface area contributed by atoms with Crippen molar-refractivity contribution in [3.8, 4) is 0 Å². The minimum absolute atomic E-state index is 0. The van der Waals surface area contributed by atoms with Crippen LogP contribution in [0.25, 0.3) is 0 Å². The van der Waals surface area contributed by atoms with Crippen LogP contribution in [0.3, 0.4) is 0 Å². The van der Waals surface area contributed by atoms with Crippen molar-refractivity contribution < 1.29 is 0 Å². The van der Waals surface area contributed by atoms with Crippen LogP contribution >= 0.6 is 12.4 Å². The van der Waals surface area contributed by atoms with E-state index in [4.69, 9.17) is 10.8 Å². The summed E-state index contributed by atoms with van der Waals surface area (Å²) in [6, 6.07) is 10.8. The van der Waals surface area contributed by atoms with E-state index in [1.165, 1.54) is 16.8 Å². The first-order valence-corrected chi connectivity index (χ1v) is 8.09. The standard InChI is InChI=1S/C18H26N4.ClH/c1-13-9-21(12-18(13)19)11-17-14(2)20-22(15(17)3)10-16-7-5-4-6-8-16;/h4-8,13,18H,9-12,19H2,1-3H3;1H. The first kappa shape index (κ1) is 18.0. The highest BCUT2D eigenvalue weighted by atomic mass is 35.5. The molecule has 1 saturated heterocycles. The van der Waals surface area contributed by atoms with Crippen molar-refractivity contribution in [1.29, 1.82) is 0 Å². The number of nitrogens with zero attached hydrogens (tertiary/aromatic N) is 3. The molecule has 0 bridgehead atoms. The van der Waals surface area contributed by atoms with E-state index < -0.39 is 0 Å². The largest absolute Gasteiger partial charge is 0.326 e. The molecular weight excluding hydrogens is 308 g/mol. The number of aryl methyl sites for hydroxylation is 1. The van der Waals surface area contributed by atoms with E-state index in [9.17, 15) is 0 Å². The summed E-state index contributed by atoms with van der Waals surface area (Å²) in [7, 11) is 0. The molecule has 0 spiro atoms. The third-order valence-electron chi connectivity index (χ3n) is 4.83. The van der Waals surface area contributed by atoms with Gasteiger partial charge < -0.3 is 5.73 Å². The topological polar surface area (TPSA) is 47.1 Å². The summed E-state index contributed by atoms with van der Waals surface area (Å²) < 4.78 is 2.12. The van der Waals surface area contributed by atoms with Gasteiger partial charge in [0.15, 0.2) is 0 Å². The molecule has 1 aromatic carbocycles. The Morgan fingerprint density at radius 1 is 1.13 bits per heavy atom. The number of likely N-dealkylation sites (tertiary alicyclic amines) is 1. The summed E-state index contributed by atoms with van der Waals surface area (Å²) in [6.07, 6.45) is 0. The average Bonchev–Trinajstić information content (AvgIpc) is 2.94. The fourth-order valence-corrected chi connectivity index (χ4v) is 3.32. The third-order valence-corrected chi connectivity index (χ3v) is 4.83. The monoisotopic (exact) mass is 334 g/mol. The van der Waals surface area contributed by atoms with Gasteiger partial charge in [-0.3, -0.25) is 9.58 Å². The molecule has 126 valence electrons. The molecule has 0 radical (unpaired) electrons. The molecule has 2 N–H and O–H groups in total. The number of rotatable bonds is 4. The van der Waals surface area contributed by atoms with Crippen LogP contribution in [0.5, 0.6) is 0 Å². The summed E-state index contributed by atoms with van der Waals surface area (Å²) in [5.41, 5.74) is 11.2. The van der Waals surface area contributed by atoms with E-state index in [1.54, 1.807) is 0 Å². The fraction of sp³-hybridized carbons (Fsp3) is 0.500. The molecule has 1 aromatic heterocycles. The minimum atomic E-state index is 0. The molecule has 2 aromatic rings. The summed E-state index contributed by atoms with van der Waals surface area (Å²) in [5.74, 6) is 0.583. The maximum absolute atomic E-state index is 6.14. The highest BCUT2D eigenvalue weighted by molar-refractivity contribution is 5.85. The lowest BCUT2D eigenvalue weighted by Crippen LogP contribution is -2.28. The maximum atomic E-state index is 6.14. The summed E-state index contributed by atoms with van der Waals surface area (Å²) >= 11 is 0. The number of halogens is 1. The minimum Gasteiger partial charge on any atom is -0.326 e. The molecule has 0 amide bonds. The van der Waals surface area contributed by atoms with Gasteiger partial charge >= 0.3 is 0 Å². The van der Waals surface area contributed by atoms with Gasteiger partial charge in [-0.15, -0.1) is 12.4 Å². The van der Waals surface area contributed by atoms with E-state index in [-0.39, 0.29) is 12.4 Å². The van der Waals surface area contributed by atoms with Gasteiger partial charge in [0.05, 0.1) is 12.2 Å². The number of hydrogen-bond acceptors (Lipinski definition) is 3. The summed E-state index contributed by atoms with van der Waals surface area (Å²) in [5, 5.41) is 4.74. The van der Waals surface area contributed by atoms with Crippen LogP contribution in [0.4, 0.5) is 0 Å². The molecule has 1 aliphatic heterocycles. The van der Waals surface area contributed by atoms with E-state index in [2.05, 4.69) is 54.6 Å². The fourth-order valence-electron chi connectivity index (χ4n) is 3.32. The zero-order valence-electron chi connectivity index (χ0n) is 14.2.